The third-order valence-corrected chi connectivity index (χ3v) is 3.50. The lowest BCUT2D eigenvalue weighted by Gasteiger charge is -2.07. The molecule has 3 aromatic rings. The molecule has 0 radical (unpaired) electrons. The van der Waals surface area contributed by atoms with E-state index in [0.29, 0.717) is 6.54 Å². The summed E-state index contributed by atoms with van der Waals surface area (Å²) in [5.74, 6) is -0.0542. The number of carbonyl (C=O) groups is 1. The molecule has 0 aliphatic rings. The summed E-state index contributed by atoms with van der Waals surface area (Å²) in [6.07, 6.45) is 3.80. The lowest BCUT2D eigenvalue weighted by atomic mass is 10.2. The zero-order chi connectivity index (χ0) is 15.0. The fourth-order valence-corrected chi connectivity index (χ4v) is 2.45. The molecule has 0 aliphatic carbocycles. The van der Waals surface area contributed by atoms with Crippen LogP contribution >= 0.6 is 0 Å². The number of aromatic carboxylic acids is 1. The average molecular weight is 284 g/mol. The summed E-state index contributed by atoms with van der Waals surface area (Å²) in [7, 11) is 0. The van der Waals surface area contributed by atoms with Gasteiger partial charge in [-0.25, -0.2) is 9.78 Å². The van der Waals surface area contributed by atoms with Gasteiger partial charge in [-0.05, 0) is 37.6 Å². The van der Waals surface area contributed by atoms with Crippen molar-refractivity contribution in [3.63, 3.8) is 0 Å². The first kappa shape index (κ1) is 13.4. The normalized spacial score (nSPS) is 11.1. The van der Waals surface area contributed by atoms with Crippen LogP contribution in [-0.2, 0) is 13.1 Å². The third-order valence-electron chi connectivity index (χ3n) is 3.50. The standard InChI is InChI=1S/C15H16N4O2/c1-10-8-16-18(9-10)5-6-19-11(2)17-13-4-3-12(15(20)21)7-14(13)19/h3-4,7-9H,5-6H2,1-2H3,(H,20,21). The van der Waals surface area contributed by atoms with Gasteiger partial charge < -0.3 is 9.67 Å². The van der Waals surface area contributed by atoms with E-state index in [1.54, 1.807) is 18.2 Å². The number of fused-ring (bicyclic) bond motifs is 1. The van der Waals surface area contributed by atoms with Gasteiger partial charge in [-0.2, -0.15) is 5.10 Å². The van der Waals surface area contributed by atoms with Gasteiger partial charge in [0.2, 0.25) is 0 Å². The van der Waals surface area contributed by atoms with Crippen molar-refractivity contribution in [1.82, 2.24) is 19.3 Å². The van der Waals surface area contributed by atoms with E-state index < -0.39 is 5.97 Å². The first-order chi connectivity index (χ1) is 10.0. The van der Waals surface area contributed by atoms with Crippen LogP contribution < -0.4 is 0 Å². The van der Waals surface area contributed by atoms with Crippen LogP contribution in [-0.4, -0.2) is 30.4 Å². The molecule has 0 saturated heterocycles. The van der Waals surface area contributed by atoms with Gasteiger partial charge in [0.05, 0.1) is 29.3 Å². The summed E-state index contributed by atoms with van der Waals surface area (Å²) in [6, 6.07) is 5.00. The molecule has 1 N–H and O–H groups in total. The predicted octanol–water partition coefficient (Wildman–Crippen LogP) is 2.25. The third kappa shape index (κ3) is 2.52. The van der Waals surface area contributed by atoms with Gasteiger partial charge in [0.15, 0.2) is 0 Å². The minimum absolute atomic E-state index is 0.276. The highest BCUT2D eigenvalue weighted by Gasteiger charge is 2.11. The topological polar surface area (TPSA) is 72.9 Å². The first-order valence-corrected chi connectivity index (χ1v) is 6.74. The maximum Gasteiger partial charge on any atom is 0.335 e. The van der Waals surface area contributed by atoms with Crippen LogP contribution in [0.25, 0.3) is 11.0 Å². The molecule has 6 heteroatoms. The van der Waals surface area contributed by atoms with Crippen molar-refractivity contribution in [3.05, 3.63) is 47.5 Å². The highest BCUT2D eigenvalue weighted by atomic mass is 16.4. The van der Waals surface area contributed by atoms with Crippen molar-refractivity contribution in [2.45, 2.75) is 26.9 Å². The van der Waals surface area contributed by atoms with Gasteiger partial charge in [-0.1, -0.05) is 0 Å². The Hall–Kier alpha value is -2.63. The highest BCUT2D eigenvalue weighted by Crippen LogP contribution is 2.18. The molecule has 0 bridgehead atoms. The Morgan fingerprint density at radius 2 is 2.10 bits per heavy atom. The summed E-state index contributed by atoms with van der Waals surface area (Å²) in [6.45, 7) is 5.35. The summed E-state index contributed by atoms with van der Waals surface area (Å²) >= 11 is 0. The lowest BCUT2D eigenvalue weighted by molar-refractivity contribution is 0.0697. The maximum atomic E-state index is 11.1. The molecule has 0 spiro atoms. The first-order valence-electron chi connectivity index (χ1n) is 6.74. The quantitative estimate of drug-likeness (QED) is 0.797. The Kier molecular flexibility index (Phi) is 3.21. The van der Waals surface area contributed by atoms with Gasteiger partial charge in [-0.15, -0.1) is 0 Å². The number of carboxylic acid groups (broad SMARTS) is 1. The molecule has 108 valence electrons. The number of imidazole rings is 1. The highest BCUT2D eigenvalue weighted by molar-refractivity contribution is 5.92. The fourth-order valence-electron chi connectivity index (χ4n) is 2.45. The molecule has 3 rings (SSSR count). The van der Waals surface area contributed by atoms with Crippen LogP contribution in [0.4, 0.5) is 0 Å². The monoisotopic (exact) mass is 284 g/mol. The summed E-state index contributed by atoms with van der Waals surface area (Å²) in [4.78, 5) is 15.6. The van der Waals surface area contributed by atoms with Crippen molar-refractivity contribution in [2.24, 2.45) is 0 Å². The van der Waals surface area contributed by atoms with Crippen LogP contribution in [0.5, 0.6) is 0 Å². The van der Waals surface area contributed by atoms with E-state index in [1.165, 1.54) is 0 Å². The van der Waals surface area contributed by atoms with Gasteiger partial charge in [0.25, 0.3) is 0 Å². The number of carboxylic acids is 1. The second kappa shape index (κ2) is 5.05. The van der Waals surface area contributed by atoms with E-state index in [0.717, 1.165) is 29.0 Å². The molecule has 2 aromatic heterocycles. The molecule has 0 saturated carbocycles. The Balaban J connectivity index is 1.94. The fraction of sp³-hybridized carbons (Fsp3) is 0.267. The molecule has 0 atom stereocenters. The molecule has 21 heavy (non-hydrogen) atoms. The molecular weight excluding hydrogens is 268 g/mol. The van der Waals surface area contributed by atoms with E-state index in [1.807, 2.05) is 35.5 Å². The Labute approximate surface area is 121 Å². The number of benzene rings is 1. The zero-order valence-corrected chi connectivity index (χ0v) is 11.9. The number of hydrogen-bond acceptors (Lipinski definition) is 3. The van der Waals surface area contributed by atoms with Crippen molar-refractivity contribution in [1.29, 1.82) is 0 Å². The Bertz CT molecular complexity index is 816. The summed E-state index contributed by atoms with van der Waals surface area (Å²) < 4.78 is 3.90. The number of rotatable bonds is 4. The minimum Gasteiger partial charge on any atom is -0.478 e. The van der Waals surface area contributed by atoms with E-state index in [4.69, 9.17) is 5.11 Å². The molecular formula is C15H16N4O2. The largest absolute Gasteiger partial charge is 0.478 e. The molecule has 6 nitrogen and oxygen atoms in total. The number of nitrogens with zero attached hydrogens (tertiary/aromatic N) is 4. The number of aromatic nitrogens is 4. The predicted molar refractivity (Wildman–Crippen MR) is 78.4 cm³/mol. The van der Waals surface area contributed by atoms with Gasteiger partial charge >= 0.3 is 5.97 Å². The van der Waals surface area contributed by atoms with Gasteiger partial charge in [0.1, 0.15) is 5.82 Å². The van der Waals surface area contributed by atoms with Crippen molar-refractivity contribution in [2.75, 3.05) is 0 Å². The molecule has 2 heterocycles. The SMILES string of the molecule is Cc1cnn(CCn2c(C)nc3ccc(C(=O)O)cc32)c1. The van der Waals surface area contributed by atoms with Crippen LogP contribution in [0, 0.1) is 13.8 Å². The second-order valence-electron chi connectivity index (χ2n) is 5.10. The smallest absolute Gasteiger partial charge is 0.335 e. The molecule has 0 fully saturated rings. The van der Waals surface area contributed by atoms with E-state index >= 15 is 0 Å². The van der Waals surface area contributed by atoms with Crippen LogP contribution in [0.3, 0.4) is 0 Å². The second-order valence-corrected chi connectivity index (χ2v) is 5.10. The number of aryl methyl sites for hydroxylation is 4. The van der Waals surface area contributed by atoms with Gasteiger partial charge in [0, 0.05) is 12.7 Å². The molecule has 0 aliphatic heterocycles. The molecule has 0 amide bonds. The van der Waals surface area contributed by atoms with E-state index in [2.05, 4.69) is 10.1 Å². The average Bonchev–Trinajstić information content (AvgIpc) is 2.98. The maximum absolute atomic E-state index is 11.1. The van der Waals surface area contributed by atoms with Crippen molar-refractivity contribution < 1.29 is 9.90 Å². The lowest BCUT2D eigenvalue weighted by Crippen LogP contribution is -2.09. The van der Waals surface area contributed by atoms with Crippen LogP contribution in [0.15, 0.2) is 30.6 Å². The van der Waals surface area contributed by atoms with Crippen LogP contribution in [0.1, 0.15) is 21.7 Å². The molecule has 0 unspecified atom stereocenters. The zero-order valence-electron chi connectivity index (χ0n) is 11.9. The van der Waals surface area contributed by atoms with E-state index in [9.17, 15) is 4.79 Å². The number of hydrogen-bond donors (Lipinski definition) is 1. The summed E-state index contributed by atoms with van der Waals surface area (Å²) in [5, 5.41) is 13.4. The van der Waals surface area contributed by atoms with Crippen molar-refractivity contribution in [3.8, 4) is 0 Å². The minimum atomic E-state index is -0.926. The Morgan fingerprint density at radius 3 is 2.76 bits per heavy atom. The van der Waals surface area contributed by atoms with E-state index in [-0.39, 0.29) is 5.56 Å². The molecule has 1 aromatic carbocycles. The van der Waals surface area contributed by atoms with Gasteiger partial charge in [-0.3, -0.25) is 4.68 Å². The Morgan fingerprint density at radius 1 is 1.29 bits per heavy atom. The summed E-state index contributed by atoms with van der Waals surface area (Å²) in [5.41, 5.74) is 3.05. The van der Waals surface area contributed by atoms with Crippen molar-refractivity contribution >= 4 is 17.0 Å². The van der Waals surface area contributed by atoms with Crippen LogP contribution in [0.2, 0.25) is 0 Å².